The molecule has 3 aromatic heterocycles. The van der Waals surface area contributed by atoms with Crippen LogP contribution in [0.2, 0.25) is 0 Å². The molecule has 0 bridgehead atoms. The fraction of sp³-hybridized carbons (Fsp3) is 0.235. The summed E-state index contributed by atoms with van der Waals surface area (Å²) >= 11 is 0. The van der Waals surface area contributed by atoms with E-state index in [2.05, 4.69) is 26.7 Å². The number of fused-ring (bicyclic) bond motifs is 1. The molecule has 4 aromatic rings. The van der Waals surface area contributed by atoms with Gasteiger partial charge in [0.2, 0.25) is 5.95 Å². The Morgan fingerprint density at radius 2 is 1.84 bits per heavy atom. The van der Waals surface area contributed by atoms with Gasteiger partial charge in [0, 0.05) is 19.7 Å². The normalized spacial score (nSPS) is 11.3. The molecule has 0 spiro atoms. The van der Waals surface area contributed by atoms with Crippen molar-refractivity contribution in [3.8, 4) is 17.5 Å². The van der Waals surface area contributed by atoms with Crippen molar-refractivity contribution in [3.05, 3.63) is 52.6 Å². The van der Waals surface area contributed by atoms with E-state index in [-0.39, 0.29) is 5.56 Å². The number of hydrogen-bond acceptors (Lipinski definition) is 5. The third kappa shape index (κ3) is 2.42. The summed E-state index contributed by atoms with van der Waals surface area (Å²) in [5, 5.41) is 8.80. The molecule has 0 aliphatic rings. The predicted octanol–water partition coefficient (Wildman–Crippen LogP) is 1.71. The number of aromatic nitrogens is 7. The molecule has 0 fully saturated rings. The molecule has 0 aliphatic carbocycles. The van der Waals surface area contributed by atoms with E-state index >= 15 is 0 Å². The fourth-order valence-corrected chi connectivity index (χ4v) is 2.88. The van der Waals surface area contributed by atoms with Gasteiger partial charge in [0.05, 0.1) is 11.0 Å². The number of para-hydroxylation sites is 2. The van der Waals surface area contributed by atoms with Crippen molar-refractivity contribution >= 4 is 11.0 Å². The maximum absolute atomic E-state index is 11.6. The van der Waals surface area contributed by atoms with E-state index in [1.807, 2.05) is 31.2 Å². The lowest BCUT2D eigenvalue weighted by Gasteiger charge is -2.08. The van der Waals surface area contributed by atoms with Gasteiger partial charge in [0.15, 0.2) is 5.82 Å². The highest BCUT2D eigenvalue weighted by atomic mass is 16.1. The number of benzene rings is 1. The molecular weight excluding hydrogens is 318 g/mol. The molecule has 0 radical (unpaired) electrons. The molecule has 0 amide bonds. The third-order valence-corrected chi connectivity index (χ3v) is 4.04. The van der Waals surface area contributed by atoms with Crippen LogP contribution in [0.4, 0.5) is 0 Å². The van der Waals surface area contributed by atoms with Gasteiger partial charge in [0.25, 0.3) is 5.56 Å². The summed E-state index contributed by atoms with van der Waals surface area (Å²) in [6.45, 7) is 4.63. The minimum Gasteiger partial charge on any atom is -0.309 e. The quantitative estimate of drug-likeness (QED) is 0.569. The standard InChI is InChI=1S/C17H17N7O/c1-4-23-14-8-6-5-7-12(14)19-17(23)24-16(18-11(2)20-24)13-9-10-15(25)22(3)21-13/h5-10H,4H2,1-3H3. The van der Waals surface area contributed by atoms with Crippen LogP contribution in [0.3, 0.4) is 0 Å². The van der Waals surface area contributed by atoms with Crippen LogP contribution in [-0.4, -0.2) is 34.1 Å². The molecule has 0 saturated heterocycles. The predicted molar refractivity (Wildman–Crippen MR) is 93.5 cm³/mol. The third-order valence-electron chi connectivity index (χ3n) is 4.04. The molecule has 8 heteroatoms. The van der Waals surface area contributed by atoms with E-state index in [1.54, 1.807) is 17.8 Å². The van der Waals surface area contributed by atoms with E-state index in [1.165, 1.54) is 10.7 Å². The maximum Gasteiger partial charge on any atom is 0.266 e. The first kappa shape index (κ1) is 15.3. The van der Waals surface area contributed by atoms with Gasteiger partial charge in [-0.15, -0.1) is 5.10 Å². The molecule has 0 N–H and O–H groups in total. The number of nitrogens with zero attached hydrogens (tertiary/aromatic N) is 7. The smallest absolute Gasteiger partial charge is 0.266 e. The number of imidazole rings is 1. The summed E-state index contributed by atoms with van der Waals surface area (Å²) in [6.07, 6.45) is 0. The van der Waals surface area contributed by atoms with Crippen molar-refractivity contribution in [1.29, 1.82) is 0 Å². The summed E-state index contributed by atoms with van der Waals surface area (Å²) in [5.74, 6) is 1.84. The SMILES string of the molecule is CCn1c(-n2nc(C)nc2-c2ccc(=O)n(C)n2)nc2ccccc21. The molecule has 0 saturated carbocycles. The highest BCUT2D eigenvalue weighted by molar-refractivity contribution is 5.77. The molecule has 8 nitrogen and oxygen atoms in total. The molecule has 1 aromatic carbocycles. The summed E-state index contributed by atoms with van der Waals surface area (Å²) in [4.78, 5) is 20.8. The summed E-state index contributed by atoms with van der Waals surface area (Å²) < 4.78 is 5.05. The molecule has 126 valence electrons. The first-order valence-electron chi connectivity index (χ1n) is 8.02. The monoisotopic (exact) mass is 335 g/mol. The van der Waals surface area contributed by atoms with Crippen molar-refractivity contribution in [3.63, 3.8) is 0 Å². The average molecular weight is 335 g/mol. The molecule has 25 heavy (non-hydrogen) atoms. The van der Waals surface area contributed by atoms with Crippen molar-refractivity contribution in [2.24, 2.45) is 7.05 Å². The van der Waals surface area contributed by atoms with E-state index in [9.17, 15) is 4.79 Å². The molecule has 4 rings (SSSR count). The van der Waals surface area contributed by atoms with Crippen molar-refractivity contribution in [1.82, 2.24) is 34.1 Å². The molecule has 0 atom stereocenters. The number of hydrogen-bond donors (Lipinski definition) is 0. The fourth-order valence-electron chi connectivity index (χ4n) is 2.88. The maximum atomic E-state index is 11.6. The van der Waals surface area contributed by atoms with Gasteiger partial charge in [-0.05, 0) is 32.0 Å². The largest absolute Gasteiger partial charge is 0.309 e. The van der Waals surface area contributed by atoms with Crippen LogP contribution in [-0.2, 0) is 13.6 Å². The van der Waals surface area contributed by atoms with Gasteiger partial charge in [-0.2, -0.15) is 9.78 Å². The zero-order valence-electron chi connectivity index (χ0n) is 14.2. The van der Waals surface area contributed by atoms with Crippen LogP contribution in [0.5, 0.6) is 0 Å². The van der Waals surface area contributed by atoms with Gasteiger partial charge in [-0.25, -0.2) is 14.6 Å². The van der Waals surface area contributed by atoms with Crippen LogP contribution in [0.25, 0.3) is 28.5 Å². The van der Waals surface area contributed by atoms with Crippen LogP contribution in [0.1, 0.15) is 12.7 Å². The molecular formula is C17H17N7O. The molecule has 3 heterocycles. The Balaban J connectivity index is 1.98. The summed E-state index contributed by atoms with van der Waals surface area (Å²) in [6, 6.07) is 11.1. The first-order valence-corrected chi connectivity index (χ1v) is 8.02. The zero-order valence-corrected chi connectivity index (χ0v) is 14.2. The number of rotatable bonds is 3. The van der Waals surface area contributed by atoms with Crippen molar-refractivity contribution in [2.45, 2.75) is 20.4 Å². The molecule has 0 unspecified atom stereocenters. The van der Waals surface area contributed by atoms with Crippen LogP contribution in [0, 0.1) is 6.92 Å². The van der Waals surface area contributed by atoms with Crippen molar-refractivity contribution in [2.75, 3.05) is 0 Å². The second-order valence-electron chi connectivity index (χ2n) is 5.72. The van der Waals surface area contributed by atoms with Gasteiger partial charge >= 0.3 is 0 Å². The Kier molecular flexibility index (Phi) is 3.45. The second kappa shape index (κ2) is 5.66. The Morgan fingerprint density at radius 3 is 2.60 bits per heavy atom. The van der Waals surface area contributed by atoms with Gasteiger partial charge in [0.1, 0.15) is 11.5 Å². The van der Waals surface area contributed by atoms with E-state index in [0.717, 1.165) is 17.6 Å². The minimum absolute atomic E-state index is 0.174. The highest BCUT2D eigenvalue weighted by Gasteiger charge is 2.19. The lowest BCUT2D eigenvalue weighted by atomic mass is 10.3. The second-order valence-corrected chi connectivity index (χ2v) is 5.72. The highest BCUT2D eigenvalue weighted by Crippen LogP contribution is 2.22. The Morgan fingerprint density at radius 1 is 1.04 bits per heavy atom. The Hall–Kier alpha value is -3.29. The number of aryl methyl sites for hydroxylation is 3. The van der Waals surface area contributed by atoms with Crippen LogP contribution in [0.15, 0.2) is 41.2 Å². The zero-order chi connectivity index (χ0) is 17.6. The van der Waals surface area contributed by atoms with Gasteiger partial charge in [-0.1, -0.05) is 12.1 Å². The van der Waals surface area contributed by atoms with E-state index in [0.29, 0.717) is 23.3 Å². The Bertz CT molecular complexity index is 1140. The lowest BCUT2D eigenvalue weighted by Crippen LogP contribution is -2.19. The van der Waals surface area contributed by atoms with Crippen LogP contribution >= 0.6 is 0 Å². The van der Waals surface area contributed by atoms with E-state index in [4.69, 9.17) is 4.98 Å². The van der Waals surface area contributed by atoms with Crippen LogP contribution < -0.4 is 5.56 Å². The van der Waals surface area contributed by atoms with E-state index < -0.39 is 0 Å². The topological polar surface area (TPSA) is 83.4 Å². The minimum atomic E-state index is -0.174. The molecule has 0 aliphatic heterocycles. The van der Waals surface area contributed by atoms with Crippen molar-refractivity contribution < 1.29 is 0 Å². The summed E-state index contributed by atoms with van der Waals surface area (Å²) in [5.41, 5.74) is 2.32. The summed E-state index contributed by atoms with van der Waals surface area (Å²) in [7, 11) is 1.61. The average Bonchev–Trinajstić information content (AvgIpc) is 3.17. The Labute approximate surface area is 143 Å². The lowest BCUT2D eigenvalue weighted by molar-refractivity contribution is 0.687. The van der Waals surface area contributed by atoms with Gasteiger partial charge in [-0.3, -0.25) is 4.79 Å². The first-order chi connectivity index (χ1) is 12.1. The van der Waals surface area contributed by atoms with Gasteiger partial charge < -0.3 is 4.57 Å².